The predicted octanol–water partition coefficient (Wildman–Crippen LogP) is 2.08. The van der Waals surface area contributed by atoms with Gasteiger partial charge in [-0.3, -0.25) is 0 Å². The molecule has 0 unspecified atom stereocenters. The maximum atomic E-state index is 4.99. The normalized spacial score (nSPS) is 18.5. The van der Waals surface area contributed by atoms with Crippen LogP contribution in [0.2, 0.25) is 0 Å². The summed E-state index contributed by atoms with van der Waals surface area (Å²) in [6.45, 7) is 2.93. The molecule has 0 amide bonds. The molecule has 0 aliphatic heterocycles. The Bertz CT molecular complexity index is 322. The molecule has 0 atom stereocenters. The molecule has 2 rings (SSSR count). The van der Waals surface area contributed by atoms with E-state index in [1.165, 1.54) is 30.8 Å². The average molecular weight is 227 g/mol. The lowest BCUT2D eigenvalue weighted by molar-refractivity contribution is 0.201. The lowest BCUT2D eigenvalue weighted by Crippen LogP contribution is -2.41. The van der Waals surface area contributed by atoms with Gasteiger partial charge in [-0.15, -0.1) is 0 Å². The van der Waals surface area contributed by atoms with Crippen molar-refractivity contribution in [3.05, 3.63) is 5.82 Å². The van der Waals surface area contributed by atoms with Crippen LogP contribution >= 0.6 is 11.5 Å². The van der Waals surface area contributed by atoms with Crippen molar-refractivity contribution in [2.75, 3.05) is 19.0 Å². The SMILES string of the molecule is COCCc1nsc(NC2(C)CCC2)n1. The van der Waals surface area contributed by atoms with Crippen molar-refractivity contribution >= 4 is 16.7 Å². The van der Waals surface area contributed by atoms with Gasteiger partial charge in [-0.2, -0.15) is 4.37 Å². The fraction of sp³-hybridized carbons (Fsp3) is 0.800. The average Bonchev–Trinajstić information content (AvgIpc) is 2.60. The van der Waals surface area contributed by atoms with E-state index in [0.29, 0.717) is 6.61 Å². The number of hydrogen-bond donors (Lipinski definition) is 1. The number of ether oxygens (including phenoxy) is 1. The fourth-order valence-corrected chi connectivity index (χ4v) is 2.45. The van der Waals surface area contributed by atoms with Gasteiger partial charge in [0.15, 0.2) is 0 Å². The van der Waals surface area contributed by atoms with Crippen molar-refractivity contribution in [3.8, 4) is 0 Å². The van der Waals surface area contributed by atoms with E-state index in [1.807, 2.05) is 0 Å². The van der Waals surface area contributed by atoms with Gasteiger partial charge >= 0.3 is 0 Å². The van der Waals surface area contributed by atoms with E-state index in [0.717, 1.165) is 17.4 Å². The highest BCUT2D eigenvalue weighted by molar-refractivity contribution is 7.09. The van der Waals surface area contributed by atoms with Crippen molar-refractivity contribution in [1.82, 2.24) is 9.36 Å². The van der Waals surface area contributed by atoms with Crippen LogP contribution in [0.4, 0.5) is 5.13 Å². The van der Waals surface area contributed by atoms with Crippen LogP contribution in [0.3, 0.4) is 0 Å². The maximum absolute atomic E-state index is 4.99. The molecule has 1 aliphatic rings. The molecule has 0 radical (unpaired) electrons. The molecule has 0 bridgehead atoms. The molecule has 0 aromatic carbocycles. The van der Waals surface area contributed by atoms with Crippen LogP contribution in [0.15, 0.2) is 0 Å². The quantitative estimate of drug-likeness (QED) is 0.836. The number of nitrogens with zero attached hydrogens (tertiary/aromatic N) is 2. The van der Waals surface area contributed by atoms with Gasteiger partial charge in [0.1, 0.15) is 5.82 Å². The summed E-state index contributed by atoms with van der Waals surface area (Å²) in [6.07, 6.45) is 4.59. The smallest absolute Gasteiger partial charge is 0.202 e. The van der Waals surface area contributed by atoms with Crippen molar-refractivity contribution < 1.29 is 4.74 Å². The lowest BCUT2D eigenvalue weighted by atomic mass is 9.79. The number of hydrogen-bond acceptors (Lipinski definition) is 5. The summed E-state index contributed by atoms with van der Waals surface area (Å²) in [6, 6.07) is 0. The highest BCUT2D eigenvalue weighted by atomic mass is 32.1. The van der Waals surface area contributed by atoms with Crippen molar-refractivity contribution in [1.29, 1.82) is 0 Å². The topological polar surface area (TPSA) is 47.0 Å². The van der Waals surface area contributed by atoms with Crippen LogP contribution in [0.5, 0.6) is 0 Å². The Kier molecular flexibility index (Phi) is 3.21. The van der Waals surface area contributed by atoms with Crippen LogP contribution in [-0.2, 0) is 11.2 Å². The summed E-state index contributed by atoms with van der Waals surface area (Å²) in [4.78, 5) is 4.43. The Morgan fingerprint density at radius 3 is 2.93 bits per heavy atom. The first-order valence-corrected chi connectivity index (χ1v) is 6.09. The van der Waals surface area contributed by atoms with Crippen LogP contribution in [0, 0.1) is 0 Å². The molecule has 5 heteroatoms. The zero-order valence-electron chi connectivity index (χ0n) is 9.25. The molecule has 1 fully saturated rings. The molecular weight excluding hydrogens is 210 g/mol. The van der Waals surface area contributed by atoms with Crippen LogP contribution in [0.1, 0.15) is 32.0 Å². The predicted molar refractivity (Wildman–Crippen MR) is 61.4 cm³/mol. The molecule has 1 aromatic rings. The summed E-state index contributed by atoms with van der Waals surface area (Å²) < 4.78 is 9.28. The van der Waals surface area contributed by atoms with Crippen molar-refractivity contribution in [3.63, 3.8) is 0 Å². The summed E-state index contributed by atoms with van der Waals surface area (Å²) in [5.41, 5.74) is 0.262. The van der Waals surface area contributed by atoms with Gasteiger partial charge in [0.2, 0.25) is 5.13 Å². The Balaban J connectivity index is 1.89. The van der Waals surface area contributed by atoms with Gasteiger partial charge in [0.05, 0.1) is 6.61 Å². The first-order valence-electron chi connectivity index (χ1n) is 5.32. The molecule has 1 heterocycles. The monoisotopic (exact) mass is 227 g/mol. The Morgan fingerprint density at radius 1 is 1.53 bits per heavy atom. The minimum atomic E-state index is 0.262. The van der Waals surface area contributed by atoms with Gasteiger partial charge in [-0.05, 0) is 26.2 Å². The zero-order valence-corrected chi connectivity index (χ0v) is 10.1. The molecule has 84 valence electrons. The molecule has 4 nitrogen and oxygen atoms in total. The van der Waals surface area contributed by atoms with Gasteiger partial charge in [0.25, 0.3) is 0 Å². The van der Waals surface area contributed by atoms with Crippen LogP contribution in [-0.4, -0.2) is 28.6 Å². The Morgan fingerprint density at radius 2 is 2.33 bits per heavy atom. The second-order valence-electron chi connectivity index (χ2n) is 4.30. The van der Waals surface area contributed by atoms with Crippen LogP contribution < -0.4 is 5.32 Å². The first-order chi connectivity index (χ1) is 7.22. The molecule has 0 saturated heterocycles. The molecule has 0 spiro atoms. The fourth-order valence-electron chi connectivity index (χ4n) is 1.69. The number of methoxy groups -OCH3 is 1. The van der Waals surface area contributed by atoms with Gasteiger partial charge in [0, 0.05) is 30.6 Å². The Hall–Kier alpha value is -0.680. The van der Waals surface area contributed by atoms with Gasteiger partial charge in [-0.25, -0.2) is 4.98 Å². The summed E-state index contributed by atoms with van der Waals surface area (Å²) in [5.74, 6) is 0.882. The molecule has 1 aliphatic carbocycles. The van der Waals surface area contributed by atoms with Crippen molar-refractivity contribution in [2.45, 2.75) is 38.1 Å². The molecule has 15 heavy (non-hydrogen) atoms. The highest BCUT2D eigenvalue weighted by Crippen LogP contribution is 2.34. The number of rotatable bonds is 5. The Labute approximate surface area is 94.2 Å². The standard InChI is InChI=1S/C10H17N3OS/c1-10(5-3-6-10)12-9-11-8(13-15-9)4-7-14-2/h3-7H2,1-2H3,(H,11,12,13). The van der Waals surface area contributed by atoms with E-state index >= 15 is 0 Å². The number of aromatic nitrogens is 2. The first kappa shape index (κ1) is 10.8. The molecule has 1 N–H and O–H groups in total. The van der Waals surface area contributed by atoms with E-state index < -0.39 is 0 Å². The van der Waals surface area contributed by atoms with Crippen molar-refractivity contribution in [2.24, 2.45) is 0 Å². The minimum Gasteiger partial charge on any atom is -0.384 e. The van der Waals surface area contributed by atoms with E-state index in [9.17, 15) is 0 Å². The van der Waals surface area contributed by atoms with Gasteiger partial charge in [-0.1, -0.05) is 0 Å². The molecular formula is C10H17N3OS. The van der Waals surface area contributed by atoms with E-state index in [-0.39, 0.29) is 5.54 Å². The maximum Gasteiger partial charge on any atom is 0.202 e. The summed E-state index contributed by atoms with van der Waals surface area (Å²) >= 11 is 1.45. The van der Waals surface area contributed by atoms with E-state index in [4.69, 9.17) is 4.74 Å². The molecule has 1 aromatic heterocycles. The molecule has 1 saturated carbocycles. The number of anilines is 1. The second-order valence-corrected chi connectivity index (χ2v) is 5.05. The van der Waals surface area contributed by atoms with E-state index in [2.05, 4.69) is 21.6 Å². The van der Waals surface area contributed by atoms with Gasteiger partial charge < -0.3 is 10.1 Å². The third kappa shape index (κ3) is 2.66. The third-order valence-corrected chi connectivity index (χ3v) is 3.53. The summed E-state index contributed by atoms with van der Waals surface area (Å²) in [7, 11) is 1.70. The zero-order chi connectivity index (χ0) is 10.7. The lowest BCUT2D eigenvalue weighted by Gasteiger charge is -2.38. The number of nitrogens with one attached hydrogen (secondary N) is 1. The minimum absolute atomic E-state index is 0.262. The highest BCUT2D eigenvalue weighted by Gasteiger charge is 2.32. The second kappa shape index (κ2) is 4.45. The summed E-state index contributed by atoms with van der Waals surface area (Å²) in [5, 5.41) is 4.40. The van der Waals surface area contributed by atoms with E-state index in [1.54, 1.807) is 7.11 Å². The third-order valence-electron chi connectivity index (χ3n) is 2.86. The van der Waals surface area contributed by atoms with Crippen LogP contribution in [0.25, 0.3) is 0 Å². The largest absolute Gasteiger partial charge is 0.384 e.